The zero-order chi connectivity index (χ0) is 16.4. The molecule has 5 nitrogen and oxygen atoms in total. The fourth-order valence-corrected chi connectivity index (χ4v) is 2.41. The molecule has 1 aromatic heterocycles. The summed E-state index contributed by atoms with van der Waals surface area (Å²) in [5.41, 5.74) is 2.64. The number of aromatic nitrogens is 1. The van der Waals surface area contributed by atoms with Crippen LogP contribution in [0.2, 0.25) is 0 Å². The quantitative estimate of drug-likeness (QED) is 0.723. The summed E-state index contributed by atoms with van der Waals surface area (Å²) in [6.45, 7) is 1.51. The molecule has 2 N–H and O–H groups in total. The van der Waals surface area contributed by atoms with Crippen molar-refractivity contribution >= 4 is 28.3 Å². The van der Waals surface area contributed by atoms with E-state index >= 15 is 0 Å². The Kier molecular flexibility index (Phi) is 3.85. The summed E-state index contributed by atoms with van der Waals surface area (Å²) in [6.07, 6.45) is 1.67. The van der Waals surface area contributed by atoms with Crippen molar-refractivity contribution in [2.45, 2.75) is 6.92 Å². The number of rotatable bonds is 4. The van der Waals surface area contributed by atoms with Gasteiger partial charge in [0, 0.05) is 34.4 Å². The number of carbonyl (C=O) groups excluding carboxylic acids is 2. The van der Waals surface area contributed by atoms with Crippen LogP contribution in [0.15, 0.2) is 48.7 Å². The normalized spacial score (nSPS) is 10.5. The van der Waals surface area contributed by atoms with Crippen LogP contribution in [0, 0.1) is 0 Å². The van der Waals surface area contributed by atoms with Crippen molar-refractivity contribution in [1.29, 1.82) is 0 Å². The van der Waals surface area contributed by atoms with Gasteiger partial charge in [-0.3, -0.25) is 9.59 Å². The Morgan fingerprint density at radius 3 is 2.48 bits per heavy atom. The number of fused-ring (bicyclic) bond motifs is 1. The van der Waals surface area contributed by atoms with Crippen molar-refractivity contribution in [2.75, 3.05) is 12.4 Å². The summed E-state index contributed by atoms with van der Waals surface area (Å²) >= 11 is 0. The molecule has 1 amide bonds. The number of aromatic amines is 1. The van der Waals surface area contributed by atoms with E-state index in [0.29, 0.717) is 16.8 Å². The Morgan fingerprint density at radius 2 is 1.83 bits per heavy atom. The lowest BCUT2D eigenvalue weighted by atomic mass is 10.1. The minimum Gasteiger partial charge on any atom is -0.497 e. The number of nitrogens with one attached hydrogen (secondary N) is 2. The van der Waals surface area contributed by atoms with Gasteiger partial charge in [-0.15, -0.1) is 0 Å². The molecule has 3 rings (SSSR count). The standard InChI is InChI=1S/C18H16N2O3/c1-11(21)12-3-5-13(6-4-12)20-18(22)16-10-19-17-9-14(23-2)7-8-15(16)17/h3-10,19H,1-2H3,(H,20,22). The lowest BCUT2D eigenvalue weighted by Gasteiger charge is -2.05. The molecule has 0 unspecified atom stereocenters. The van der Waals surface area contributed by atoms with Crippen LogP contribution in [0.3, 0.4) is 0 Å². The largest absolute Gasteiger partial charge is 0.497 e. The second-order valence-corrected chi connectivity index (χ2v) is 5.20. The Labute approximate surface area is 133 Å². The molecule has 116 valence electrons. The summed E-state index contributed by atoms with van der Waals surface area (Å²) in [6, 6.07) is 12.3. The smallest absolute Gasteiger partial charge is 0.257 e. The third-order valence-corrected chi connectivity index (χ3v) is 3.68. The predicted molar refractivity (Wildman–Crippen MR) is 89.3 cm³/mol. The van der Waals surface area contributed by atoms with Gasteiger partial charge in [-0.05, 0) is 43.3 Å². The number of benzene rings is 2. The maximum atomic E-state index is 12.4. The summed E-state index contributed by atoms with van der Waals surface area (Å²) in [7, 11) is 1.60. The van der Waals surface area contributed by atoms with E-state index in [2.05, 4.69) is 10.3 Å². The van der Waals surface area contributed by atoms with E-state index in [4.69, 9.17) is 4.74 Å². The average molecular weight is 308 g/mol. The molecule has 0 saturated heterocycles. The molecule has 0 fully saturated rings. The van der Waals surface area contributed by atoms with Gasteiger partial charge in [-0.1, -0.05) is 0 Å². The van der Waals surface area contributed by atoms with Gasteiger partial charge in [-0.25, -0.2) is 0 Å². The van der Waals surface area contributed by atoms with Crippen LogP contribution < -0.4 is 10.1 Å². The lowest BCUT2D eigenvalue weighted by molar-refractivity contribution is 0.101. The zero-order valence-corrected chi connectivity index (χ0v) is 12.8. The van der Waals surface area contributed by atoms with Crippen molar-refractivity contribution in [2.24, 2.45) is 0 Å². The van der Waals surface area contributed by atoms with Crippen molar-refractivity contribution in [3.8, 4) is 5.75 Å². The number of ether oxygens (including phenoxy) is 1. The van der Waals surface area contributed by atoms with Crippen LogP contribution >= 0.6 is 0 Å². The minimum atomic E-state index is -0.211. The molecule has 5 heteroatoms. The van der Waals surface area contributed by atoms with Gasteiger partial charge >= 0.3 is 0 Å². The highest BCUT2D eigenvalue weighted by atomic mass is 16.5. The third kappa shape index (κ3) is 2.94. The van der Waals surface area contributed by atoms with Crippen LogP contribution in [0.5, 0.6) is 5.75 Å². The zero-order valence-electron chi connectivity index (χ0n) is 12.8. The third-order valence-electron chi connectivity index (χ3n) is 3.68. The maximum absolute atomic E-state index is 12.4. The lowest BCUT2D eigenvalue weighted by Crippen LogP contribution is -2.11. The van der Waals surface area contributed by atoms with E-state index in [1.54, 1.807) is 37.6 Å². The number of Topliss-reactive ketones (excluding diaryl/α,β-unsaturated/α-hetero) is 1. The second kappa shape index (κ2) is 5.96. The summed E-state index contributed by atoms with van der Waals surface area (Å²) in [5.74, 6) is 0.511. The average Bonchev–Trinajstić information content (AvgIpc) is 2.98. The molecule has 0 atom stereocenters. The molecule has 23 heavy (non-hydrogen) atoms. The monoisotopic (exact) mass is 308 g/mol. The van der Waals surface area contributed by atoms with Gasteiger partial charge in [0.2, 0.25) is 0 Å². The molecule has 3 aromatic rings. The van der Waals surface area contributed by atoms with Crippen LogP contribution in [0.1, 0.15) is 27.6 Å². The van der Waals surface area contributed by atoms with E-state index in [1.165, 1.54) is 6.92 Å². The van der Waals surface area contributed by atoms with Gasteiger partial charge in [0.15, 0.2) is 5.78 Å². The van der Waals surface area contributed by atoms with E-state index in [1.807, 2.05) is 18.2 Å². The predicted octanol–water partition coefficient (Wildman–Crippen LogP) is 3.63. The summed E-state index contributed by atoms with van der Waals surface area (Å²) < 4.78 is 5.17. The van der Waals surface area contributed by atoms with Gasteiger partial charge in [-0.2, -0.15) is 0 Å². The highest BCUT2D eigenvalue weighted by molar-refractivity contribution is 6.13. The SMILES string of the molecule is COc1ccc2c(C(=O)Nc3ccc(C(C)=O)cc3)c[nH]c2c1. The first-order valence-corrected chi connectivity index (χ1v) is 7.16. The first-order chi connectivity index (χ1) is 11.1. The number of amides is 1. The van der Waals surface area contributed by atoms with Crippen LogP contribution in [0.25, 0.3) is 10.9 Å². The molecular formula is C18H16N2O3. The van der Waals surface area contributed by atoms with Crippen molar-refractivity contribution < 1.29 is 14.3 Å². The van der Waals surface area contributed by atoms with E-state index < -0.39 is 0 Å². The van der Waals surface area contributed by atoms with Crippen LogP contribution in [0.4, 0.5) is 5.69 Å². The molecule has 0 aliphatic rings. The molecule has 0 aliphatic heterocycles. The molecule has 0 bridgehead atoms. The van der Waals surface area contributed by atoms with Crippen molar-refractivity contribution in [1.82, 2.24) is 4.98 Å². The number of hydrogen-bond donors (Lipinski definition) is 2. The van der Waals surface area contributed by atoms with E-state index in [9.17, 15) is 9.59 Å². The Bertz CT molecular complexity index is 879. The number of hydrogen-bond acceptors (Lipinski definition) is 3. The first kappa shape index (κ1) is 14.8. The Morgan fingerprint density at radius 1 is 1.09 bits per heavy atom. The molecule has 0 aliphatic carbocycles. The highest BCUT2D eigenvalue weighted by Gasteiger charge is 2.13. The van der Waals surface area contributed by atoms with Crippen LogP contribution in [-0.4, -0.2) is 23.8 Å². The number of ketones is 1. The van der Waals surface area contributed by atoms with Crippen molar-refractivity contribution in [3.05, 3.63) is 59.8 Å². The first-order valence-electron chi connectivity index (χ1n) is 7.16. The maximum Gasteiger partial charge on any atom is 0.257 e. The minimum absolute atomic E-state index is 0.00606. The number of anilines is 1. The second-order valence-electron chi connectivity index (χ2n) is 5.20. The van der Waals surface area contributed by atoms with Gasteiger partial charge in [0.25, 0.3) is 5.91 Å². The molecule has 1 heterocycles. The molecule has 0 spiro atoms. The summed E-state index contributed by atoms with van der Waals surface area (Å²) in [5, 5.41) is 3.65. The number of carbonyl (C=O) groups is 2. The van der Waals surface area contributed by atoms with Crippen LogP contribution in [-0.2, 0) is 0 Å². The Balaban J connectivity index is 1.84. The van der Waals surface area contributed by atoms with E-state index in [-0.39, 0.29) is 11.7 Å². The number of methoxy groups -OCH3 is 1. The fraction of sp³-hybridized carbons (Fsp3) is 0.111. The summed E-state index contributed by atoms with van der Waals surface area (Å²) in [4.78, 5) is 26.8. The molecule has 0 saturated carbocycles. The fourth-order valence-electron chi connectivity index (χ4n) is 2.41. The van der Waals surface area contributed by atoms with Gasteiger partial charge < -0.3 is 15.0 Å². The van der Waals surface area contributed by atoms with E-state index in [0.717, 1.165) is 16.7 Å². The molecule has 2 aromatic carbocycles. The number of H-pyrrole nitrogens is 1. The topological polar surface area (TPSA) is 71.2 Å². The highest BCUT2D eigenvalue weighted by Crippen LogP contribution is 2.24. The van der Waals surface area contributed by atoms with Gasteiger partial charge in [0.1, 0.15) is 5.75 Å². The molecule has 0 radical (unpaired) electrons. The van der Waals surface area contributed by atoms with Crippen molar-refractivity contribution in [3.63, 3.8) is 0 Å². The molecular weight excluding hydrogens is 292 g/mol. The Hall–Kier alpha value is -3.08. The van der Waals surface area contributed by atoms with Gasteiger partial charge in [0.05, 0.1) is 12.7 Å².